The number of nitrogens with zero attached hydrogens (tertiary/aromatic N) is 1. The Morgan fingerprint density at radius 1 is 1.16 bits per heavy atom. The van der Waals surface area contributed by atoms with Crippen LogP contribution in [0.4, 0.5) is 0 Å². The van der Waals surface area contributed by atoms with Crippen LogP contribution in [0.5, 0.6) is 0 Å². The summed E-state index contributed by atoms with van der Waals surface area (Å²) in [5.74, 6) is 0.289. The molecular formula is C17H25NO. The fourth-order valence-electron chi connectivity index (χ4n) is 3.19. The van der Waals surface area contributed by atoms with Crippen LogP contribution in [0, 0.1) is 0 Å². The van der Waals surface area contributed by atoms with E-state index in [9.17, 15) is 4.79 Å². The first-order valence-corrected chi connectivity index (χ1v) is 7.53. The molecule has 0 N–H and O–H groups in total. The van der Waals surface area contributed by atoms with E-state index in [-0.39, 0.29) is 11.3 Å². The molecule has 19 heavy (non-hydrogen) atoms. The minimum absolute atomic E-state index is 0.289. The zero-order chi connectivity index (χ0) is 13.7. The van der Waals surface area contributed by atoms with E-state index in [2.05, 4.69) is 18.7 Å². The summed E-state index contributed by atoms with van der Waals surface area (Å²) in [7, 11) is 0. The number of benzene rings is 1. The van der Waals surface area contributed by atoms with Gasteiger partial charge in [-0.25, -0.2) is 0 Å². The van der Waals surface area contributed by atoms with E-state index in [4.69, 9.17) is 0 Å². The molecule has 0 aromatic heterocycles. The number of rotatable bonds is 5. The van der Waals surface area contributed by atoms with Crippen LogP contribution in [-0.2, 0) is 0 Å². The molecule has 0 radical (unpaired) electrons. The summed E-state index contributed by atoms with van der Waals surface area (Å²) in [5.41, 5.74) is 0.528. The Hall–Kier alpha value is -1.15. The molecule has 1 atom stereocenters. The molecule has 0 amide bonds. The summed E-state index contributed by atoms with van der Waals surface area (Å²) >= 11 is 0. The molecule has 1 aromatic rings. The predicted molar refractivity (Wildman–Crippen MR) is 79.5 cm³/mol. The lowest BCUT2D eigenvalue weighted by atomic mass is 9.84. The van der Waals surface area contributed by atoms with Gasteiger partial charge in [0.2, 0.25) is 0 Å². The number of ketones is 1. The van der Waals surface area contributed by atoms with Crippen molar-refractivity contribution in [3.05, 3.63) is 35.9 Å². The molecule has 0 spiro atoms. The average molecular weight is 259 g/mol. The van der Waals surface area contributed by atoms with Crippen molar-refractivity contribution in [3.8, 4) is 0 Å². The lowest BCUT2D eigenvalue weighted by molar-refractivity contribution is 0.0485. The van der Waals surface area contributed by atoms with Crippen molar-refractivity contribution >= 4 is 5.78 Å². The molecule has 1 aliphatic heterocycles. The fraction of sp³-hybridized carbons (Fsp3) is 0.588. The third kappa shape index (κ3) is 3.06. The molecule has 2 heteroatoms. The molecule has 1 fully saturated rings. The topological polar surface area (TPSA) is 20.3 Å². The van der Waals surface area contributed by atoms with E-state index in [1.165, 1.54) is 19.3 Å². The zero-order valence-corrected chi connectivity index (χ0v) is 12.2. The standard InChI is InChI=1S/C17H25NO/c1-3-12-17(2,18-13-8-5-9-14-18)16(19)15-10-6-4-7-11-15/h4,6-7,10-11H,3,5,8-9,12-14H2,1-2H3. The highest BCUT2D eigenvalue weighted by molar-refractivity contribution is 6.02. The van der Waals surface area contributed by atoms with Crippen LogP contribution in [0.25, 0.3) is 0 Å². The Morgan fingerprint density at radius 3 is 2.37 bits per heavy atom. The third-order valence-corrected chi connectivity index (χ3v) is 4.32. The molecule has 2 nitrogen and oxygen atoms in total. The van der Waals surface area contributed by atoms with Gasteiger partial charge in [0, 0.05) is 5.56 Å². The fourth-order valence-corrected chi connectivity index (χ4v) is 3.19. The van der Waals surface area contributed by atoms with Gasteiger partial charge in [-0.3, -0.25) is 9.69 Å². The number of likely N-dealkylation sites (tertiary alicyclic amines) is 1. The highest BCUT2D eigenvalue weighted by Gasteiger charge is 2.39. The normalized spacial score (nSPS) is 19.9. The van der Waals surface area contributed by atoms with Gasteiger partial charge in [0.1, 0.15) is 0 Å². The van der Waals surface area contributed by atoms with Crippen molar-refractivity contribution < 1.29 is 4.79 Å². The van der Waals surface area contributed by atoms with E-state index in [1.807, 2.05) is 30.3 Å². The van der Waals surface area contributed by atoms with E-state index in [0.29, 0.717) is 0 Å². The van der Waals surface area contributed by atoms with Crippen LogP contribution in [-0.4, -0.2) is 29.3 Å². The van der Waals surface area contributed by atoms with Crippen molar-refractivity contribution in [2.24, 2.45) is 0 Å². The number of carbonyl (C=O) groups is 1. The molecule has 0 saturated carbocycles. The van der Waals surface area contributed by atoms with Gasteiger partial charge in [0.05, 0.1) is 5.54 Å². The van der Waals surface area contributed by atoms with Gasteiger partial charge in [0.15, 0.2) is 5.78 Å². The number of hydrogen-bond donors (Lipinski definition) is 0. The van der Waals surface area contributed by atoms with Crippen molar-refractivity contribution in [2.45, 2.75) is 51.5 Å². The molecule has 0 bridgehead atoms. The highest BCUT2D eigenvalue weighted by atomic mass is 16.1. The van der Waals surface area contributed by atoms with E-state index >= 15 is 0 Å². The minimum atomic E-state index is -0.323. The molecule has 1 aromatic carbocycles. The van der Waals surface area contributed by atoms with E-state index in [0.717, 1.165) is 31.5 Å². The molecule has 2 rings (SSSR count). The first-order valence-electron chi connectivity index (χ1n) is 7.53. The average Bonchev–Trinajstić information content (AvgIpc) is 2.48. The Labute approximate surface area is 116 Å². The molecule has 104 valence electrons. The largest absolute Gasteiger partial charge is 0.292 e. The Morgan fingerprint density at radius 2 is 1.79 bits per heavy atom. The van der Waals surface area contributed by atoms with Gasteiger partial charge in [-0.2, -0.15) is 0 Å². The Balaban J connectivity index is 2.25. The van der Waals surface area contributed by atoms with Gasteiger partial charge >= 0.3 is 0 Å². The summed E-state index contributed by atoms with van der Waals surface area (Å²) in [4.78, 5) is 15.3. The predicted octanol–water partition coefficient (Wildman–Crippen LogP) is 3.91. The van der Waals surface area contributed by atoms with E-state index in [1.54, 1.807) is 0 Å². The Kier molecular flexibility index (Phi) is 4.76. The van der Waals surface area contributed by atoms with Gasteiger partial charge in [-0.15, -0.1) is 0 Å². The van der Waals surface area contributed by atoms with Crippen LogP contribution >= 0.6 is 0 Å². The first kappa shape index (κ1) is 14.3. The van der Waals surface area contributed by atoms with Crippen LogP contribution < -0.4 is 0 Å². The maximum Gasteiger partial charge on any atom is 0.182 e. The van der Waals surface area contributed by atoms with Gasteiger partial charge < -0.3 is 0 Å². The number of Topliss-reactive ketones (excluding diaryl/α,β-unsaturated/α-hetero) is 1. The van der Waals surface area contributed by atoms with Gasteiger partial charge in [-0.05, 0) is 39.3 Å². The summed E-state index contributed by atoms with van der Waals surface area (Å²) in [6, 6.07) is 9.76. The monoisotopic (exact) mass is 259 g/mol. The molecule has 1 saturated heterocycles. The third-order valence-electron chi connectivity index (χ3n) is 4.32. The van der Waals surface area contributed by atoms with E-state index < -0.39 is 0 Å². The van der Waals surface area contributed by atoms with Crippen LogP contribution in [0.15, 0.2) is 30.3 Å². The van der Waals surface area contributed by atoms with Crippen molar-refractivity contribution in [1.82, 2.24) is 4.90 Å². The summed E-state index contributed by atoms with van der Waals surface area (Å²) in [6.45, 7) is 6.43. The molecular weight excluding hydrogens is 234 g/mol. The van der Waals surface area contributed by atoms with Gasteiger partial charge in [0.25, 0.3) is 0 Å². The molecule has 1 heterocycles. The summed E-state index contributed by atoms with van der Waals surface area (Å²) < 4.78 is 0. The zero-order valence-electron chi connectivity index (χ0n) is 12.2. The van der Waals surface area contributed by atoms with Crippen LogP contribution in [0.3, 0.4) is 0 Å². The van der Waals surface area contributed by atoms with Crippen LogP contribution in [0.2, 0.25) is 0 Å². The maximum atomic E-state index is 12.9. The summed E-state index contributed by atoms with van der Waals surface area (Å²) in [5, 5.41) is 0. The highest BCUT2D eigenvalue weighted by Crippen LogP contribution is 2.29. The maximum absolute atomic E-state index is 12.9. The van der Waals surface area contributed by atoms with Crippen LogP contribution in [0.1, 0.15) is 56.3 Å². The lowest BCUT2D eigenvalue weighted by Gasteiger charge is -2.42. The number of piperidine rings is 1. The van der Waals surface area contributed by atoms with Crippen molar-refractivity contribution in [3.63, 3.8) is 0 Å². The lowest BCUT2D eigenvalue weighted by Crippen LogP contribution is -2.54. The number of hydrogen-bond acceptors (Lipinski definition) is 2. The van der Waals surface area contributed by atoms with Gasteiger partial charge in [-0.1, -0.05) is 50.1 Å². The molecule has 0 aliphatic carbocycles. The Bertz CT molecular complexity index is 409. The second-order valence-corrected chi connectivity index (χ2v) is 5.77. The van der Waals surface area contributed by atoms with Crippen molar-refractivity contribution in [2.75, 3.05) is 13.1 Å². The molecule has 1 aliphatic rings. The first-order chi connectivity index (χ1) is 9.18. The van der Waals surface area contributed by atoms with Crippen molar-refractivity contribution in [1.29, 1.82) is 0 Å². The minimum Gasteiger partial charge on any atom is -0.292 e. The SMILES string of the molecule is CCCC(C)(C(=O)c1ccccc1)N1CCCCC1. The smallest absolute Gasteiger partial charge is 0.182 e. The second-order valence-electron chi connectivity index (χ2n) is 5.77. The number of carbonyl (C=O) groups excluding carboxylic acids is 1. The quantitative estimate of drug-likeness (QED) is 0.747. The summed E-state index contributed by atoms with van der Waals surface area (Å²) in [6.07, 6.45) is 5.74. The molecule has 1 unspecified atom stereocenters. The second kappa shape index (κ2) is 6.33.